The molecule has 4 rings (SSSR count). The molecule has 1 amide bonds. The maximum atomic E-state index is 13.2. The Balaban J connectivity index is 1.62. The molecule has 0 unspecified atom stereocenters. The fourth-order valence-electron chi connectivity index (χ4n) is 4.23. The summed E-state index contributed by atoms with van der Waals surface area (Å²) in [5.41, 5.74) is 3.40. The van der Waals surface area contributed by atoms with Crippen LogP contribution in [0.15, 0.2) is 42.7 Å². The summed E-state index contributed by atoms with van der Waals surface area (Å²) >= 11 is 6.38. The zero-order valence-corrected chi connectivity index (χ0v) is 16.6. The minimum Gasteiger partial charge on any atom is -0.355 e. The van der Waals surface area contributed by atoms with Crippen LogP contribution in [0.3, 0.4) is 0 Å². The number of carbonyl (C=O) groups is 1. The Morgan fingerprint density at radius 2 is 2.07 bits per heavy atom. The minimum absolute atomic E-state index is 0.00920. The number of benzene rings is 1. The van der Waals surface area contributed by atoms with E-state index >= 15 is 0 Å². The summed E-state index contributed by atoms with van der Waals surface area (Å²) < 4.78 is 2.02. The van der Waals surface area contributed by atoms with Crippen LogP contribution in [0.2, 0.25) is 5.02 Å². The first-order chi connectivity index (χ1) is 13.0. The number of halogens is 1. The molecule has 0 radical (unpaired) electrons. The van der Waals surface area contributed by atoms with Crippen LogP contribution in [0.4, 0.5) is 0 Å². The highest BCUT2D eigenvalue weighted by atomic mass is 35.5. The van der Waals surface area contributed by atoms with Gasteiger partial charge in [0, 0.05) is 23.5 Å². The molecule has 27 heavy (non-hydrogen) atoms. The molecule has 0 saturated heterocycles. The summed E-state index contributed by atoms with van der Waals surface area (Å²) in [6.45, 7) is 4.31. The van der Waals surface area contributed by atoms with E-state index in [1.54, 1.807) is 0 Å². The quantitative estimate of drug-likeness (QED) is 0.608. The number of rotatable bonds is 5. The number of aromatic nitrogens is 2. The third-order valence-electron chi connectivity index (χ3n) is 5.49. The zero-order valence-electron chi connectivity index (χ0n) is 15.8. The molecule has 2 N–H and O–H groups in total. The van der Waals surface area contributed by atoms with Crippen molar-refractivity contribution in [2.24, 2.45) is 5.92 Å². The molecule has 142 valence electrons. The second kappa shape index (κ2) is 7.43. The van der Waals surface area contributed by atoms with Gasteiger partial charge in [0.15, 0.2) is 0 Å². The number of nitrogens with zero attached hydrogens (tertiary/aromatic N) is 1. The van der Waals surface area contributed by atoms with Gasteiger partial charge in [0.1, 0.15) is 6.04 Å². The van der Waals surface area contributed by atoms with Crippen LogP contribution in [0, 0.1) is 5.92 Å². The Hall–Kier alpha value is -2.20. The van der Waals surface area contributed by atoms with Gasteiger partial charge in [-0.1, -0.05) is 37.6 Å². The van der Waals surface area contributed by atoms with Crippen molar-refractivity contribution in [2.75, 3.05) is 0 Å². The van der Waals surface area contributed by atoms with Crippen molar-refractivity contribution < 1.29 is 4.79 Å². The van der Waals surface area contributed by atoms with Gasteiger partial charge in [-0.25, -0.2) is 0 Å². The maximum Gasteiger partial charge on any atom is 0.243 e. The number of fused-ring (bicyclic) bond motifs is 3. The van der Waals surface area contributed by atoms with E-state index in [0.29, 0.717) is 5.92 Å². The van der Waals surface area contributed by atoms with Crippen LogP contribution in [-0.2, 0) is 11.2 Å². The summed E-state index contributed by atoms with van der Waals surface area (Å²) in [4.78, 5) is 16.7. The first kappa shape index (κ1) is 18.2. The van der Waals surface area contributed by atoms with Gasteiger partial charge in [-0.3, -0.25) is 4.79 Å². The topological polar surface area (TPSA) is 49.8 Å². The third-order valence-corrected chi connectivity index (χ3v) is 5.81. The lowest BCUT2D eigenvalue weighted by Crippen LogP contribution is -2.37. The van der Waals surface area contributed by atoms with Gasteiger partial charge in [-0.2, -0.15) is 0 Å². The van der Waals surface area contributed by atoms with Crippen molar-refractivity contribution in [3.05, 3.63) is 59.0 Å². The lowest BCUT2D eigenvalue weighted by molar-refractivity contribution is -0.125. The van der Waals surface area contributed by atoms with Gasteiger partial charge in [0.2, 0.25) is 5.91 Å². The van der Waals surface area contributed by atoms with Gasteiger partial charge in [0.25, 0.3) is 0 Å². The van der Waals surface area contributed by atoms with Crippen LogP contribution >= 0.6 is 11.6 Å². The van der Waals surface area contributed by atoms with Crippen LogP contribution < -0.4 is 5.32 Å². The lowest BCUT2D eigenvalue weighted by Gasteiger charge is -2.27. The SMILES string of the molecule is CC(C)C[C@@H](C(=O)N[C@H]1CCCc2c1[nH]c1c(Cl)cccc21)n1cccc1. The van der Waals surface area contributed by atoms with Crippen molar-refractivity contribution in [1.29, 1.82) is 0 Å². The second-order valence-corrected chi connectivity index (χ2v) is 8.32. The van der Waals surface area contributed by atoms with Gasteiger partial charge in [0.05, 0.1) is 16.6 Å². The summed E-state index contributed by atoms with van der Waals surface area (Å²) in [5.74, 6) is 0.527. The fourth-order valence-corrected chi connectivity index (χ4v) is 4.45. The van der Waals surface area contributed by atoms with E-state index in [2.05, 4.69) is 30.2 Å². The highest BCUT2D eigenvalue weighted by Crippen LogP contribution is 2.37. The second-order valence-electron chi connectivity index (χ2n) is 7.91. The molecule has 1 aliphatic carbocycles. The largest absolute Gasteiger partial charge is 0.355 e. The summed E-state index contributed by atoms with van der Waals surface area (Å²) in [7, 11) is 0. The highest BCUT2D eigenvalue weighted by molar-refractivity contribution is 6.35. The van der Waals surface area contributed by atoms with Gasteiger partial charge >= 0.3 is 0 Å². The number of aromatic amines is 1. The van der Waals surface area contributed by atoms with Gasteiger partial charge in [-0.05, 0) is 55.4 Å². The van der Waals surface area contributed by atoms with E-state index in [9.17, 15) is 4.79 Å². The molecule has 4 nitrogen and oxygen atoms in total. The van der Waals surface area contributed by atoms with Gasteiger partial charge < -0.3 is 14.9 Å². The summed E-state index contributed by atoms with van der Waals surface area (Å²) in [6.07, 6.45) is 7.80. The molecule has 1 aromatic carbocycles. The van der Waals surface area contributed by atoms with Crippen molar-refractivity contribution in [3.8, 4) is 0 Å². The molecule has 2 aromatic heterocycles. The highest BCUT2D eigenvalue weighted by Gasteiger charge is 2.29. The Morgan fingerprint density at radius 1 is 1.30 bits per heavy atom. The Morgan fingerprint density at radius 3 is 2.81 bits per heavy atom. The molecule has 0 aliphatic heterocycles. The molecule has 2 heterocycles. The van der Waals surface area contributed by atoms with E-state index in [4.69, 9.17) is 11.6 Å². The van der Waals surface area contributed by atoms with E-state index < -0.39 is 0 Å². The van der Waals surface area contributed by atoms with Crippen molar-refractivity contribution >= 4 is 28.4 Å². The number of nitrogens with one attached hydrogen (secondary N) is 2. The number of para-hydroxylation sites is 1. The Kier molecular flexibility index (Phi) is 5.00. The van der Waals surface area contributed by atoms with E-state index in [-0.39, 0.29) is 18.0 Å². The van der Waals surface area contributed by atoms with Gasteiger partial charge in [-0.15, -0.1) is 0 Å². The predicted octanol–water partition coefficient (Wildman–Crippen LogP) is 5.40. The monoisotopic (exact) mass is 383 g/mol. The smallest absolute Gasteiger partial charge is 0.243 e. The fraction of sp³-hybridized carbons (Fsp3) is 0.409. The van der Waals surface area contributed by atoms with E-state index in [1.807, 2.05) is 41.2 Å². The molecule has 0 fully saturated rings. The molecule has 2 atom stereocenters. The minimum atomic E-state index is -0.182. The molecule has 0 bridgehead atoms. The predicted molar refractivity (Wildman–Crippen MR) is 110 cm³/mol. The average molecular weight is 384 g/mol. The average Bonchev–Trinajstić information content (AvgIpc) is 3.28. The van der Waals surface area contributed by atoms with Crippen molar-refractivity contribution in [2.45, 2.75) is 51.6 Å². The lowest BCUT2D eigenvalue weighted by atomic mass is 9.91. The molecule has 0 saturated carbocycles. The van der Waals surface area contributed by atoms with Crippen molar-refractivity contribution in [1.82, 2.24) is 14.9 Å². The van der Waals surface area contributed by atoms with Crippen LogP contribution in [0.1, 0.15) is 56.5 Å². The summed E-state index contributed by atoms with van der Waals surface area (Å²) in [6, 6.07) is 9.78. The number of amides is 1. The first-order valence-corrected chi connectivity index (χ1v) is 10.1. The molecular weight excluding hydrogens is 358 g/mol. The van der Waals surface area contributed by atoms with Crippen LogP contribution in [0.25, 0.3) is 10.9 Å². The molecule has 5 heteroatoms. The Bertz CT molecular complexity index is 942. The van der Waals surface area contributed by atoms with E-state index in [0.717, 1.165) is 41.9 Å². The number of hydrogen-bond donors (Lipinski definition) is 2. The van der Waals surface area contributed by atoms with Crippen molar-refractivity contribution in [3.63, 3.8) is 0 Å². The van der Waals surface area contributed by atoms with Crippen LogP contribution in [0.5, 0.6) is 0 Å². The standard InChI is InChI=1S/C22H26ClN3O/c1-14(2)13-19(26-11-3-4-12-26)22(27)24-18-10-6-8-16-15-7-5-9-17(23)20(15)25-21(16)18/h3-5,7,9,11-12,14,18-19,25H,6,8,10,13H2,1-2H3,(H,24,27)/t18-,19-/m0/s1. The molecular formula is C22H26ClN3O. The normalized spacial score (nSPS) is 17.9. The summed E-state index contributed by atoms with van der Waals surface area (Å²) in [5, 5.41) is 5.23. The molecule has 3 aromatic rings. The zero-order chi connectivity index (χ0) is 19.0. The number of aryl methyl sites for hydroxylation is 1. The molecule has 0 spiro atoms. The number of hydrogen-bond acceptors (Lipinski definition) is 1. The first-order valence-electron chi connectivity index (χ1n) is 9.76. The molecule has 1 aliphatic rings. The number of carbonyl (C=O) groups excluding carboxylic acids is 1. The maximum absolute atomic E-state index is 13.2. The van der Waals surface area contributed by atoms with Crippen LogP contribution in [-0.4, -0.2) is 15.5 Å². The number of H-pyrrole nitrogens is 1. The Labute approximate surface area is 164 Å². The van der Waals surface area contributed by atoms with E-state index in [1.165, 1.54) is 10.9 Å². The third kappa shape index (κ3) is 3.51.